The van der Waals surface area contributed by atoms with Crippen LogP contribution in [-0.4, -0.2) is 36.0 Å². The quantitative estimate of drug-likeness (QED) is 0.514. The Balaban J connectivity index is 1.83. The highest BCUT2D eigenvalue weighted by Crippen LogP contribution is 2.36. The highest BCUT2D eigenvalue weighted by atomic mass is 32.2. The number of carbonyl (C=O) groups excluding carboxylic acids is 1. The highest BCUT2D eigenvalue weighted by Gasteiger charge is 2.29. The van der Waals surface area contributed by atoms with E-state index in [2.05, 4.69) is 27.9 Å². The predicted octanol–water partition coefficient (Wildman–Crippen LogP) is 3.38. The number of guanidine groups is 1. The Morgan fingerprint density at radius 1 is 1.36 bits per heavy atom. The fraction of sp³-hybridized carbons (Fsp3) is 0.579. The second-order valence-electron chi connectivity index (χ2n) is 6.68. The lowest BCUT2D eigenvalue weighted by Crippen LogP contribution is -2.43. The van der Waals surface area contributed by atoms with E-state index in [0.29, 0.717) is 17.7 Å². The molecular weight excluding hydrogens is 332 g/mol. The normalized spacial score (nSPS) is 20.4. The van der Waals surface area contributed by atoms with E-state index in [4.69, 9.17) is 0 Å². The van der Waals surface area contributed by atoms with E-state index in [-0.39, 0.29) is 5.91 Å². The molecule has 0 radical (unpaired) electrons. The van der Waals surface area contributed by atoms with Gasteiger partial charge in [-0.15, -0.1) is 0 Å². The molecule has 1 aromatic rings. The molecular formula is C19H30N4OS. The van der Waals surface area contributed by atoms with E-state index >= 15 is 0 Å². The number of carbonyl (C=O) groups is 1. The van der Waals surface area contributed by atoms with E-state index < -0.39 is 0 Å². The number of nitrogens with zero attached hydrogens (tertiary/aromatic N) is 1. The molecule has 0 bridgehead atoms. The Labute approximate surface area is 155 Å². The fourth-order valence-corrected chi connectivity index (χ4v) is 4.11. The Morgan fingerprint density at radius 3 is 2.88 bits per heavy atom. The molecule has 1 saturated heterocycles. The number of thioether (sulfide) groups is 1. The van der Waals surface area contributed by atoms with Crippen molar-refractivity contribution < 1.29 is 4.79 Å². The van der Waals surface area contributed by atoms with Gasteiger partial charge in [-0.1, -0.05) is 19.1 Å². The van der Waals surface area contributed by atoms with E-state index in [0.717, 1.165) is 30.2 Å². The largest absolute Gasteiger partial charge is 0.355 e. The summed E-state index contributed by atoms with van der Waals surface area (Å²) in [6, 6.07) is 7.93. The van der Waals surface area contributed by atoms with Crippen LogP contribution in [-0.2, 0) is 11.3 Å². The van der Waals surface area contributed by atoms with Crippen LogP contribution in [0.25, 0.3) is 0 Å². The maximum Gasteiger partial charge on any atom is 0.224 e. The molecule has 0 saturated carbocycles. The minimum atomic E-state index is 0.0624. The van der Waals surface area contributed by atoms with Gasteiger partial charge in [0.2, 0.25) is 5.91 Å². The van der Waals surface area contributed by atoms with Crippen LogP contribution in [0.4, 0.5) is 5.69 Å². The minimum Gasteiger partial charge on any atom is -0.355 e. The molecule has 25 heavy (non-hydrogen) atoms. The molecule has 1 unspecified atom stereocenters. The SMILES string of the molecule is CCCC(=O)Nc1cccc(CNC(=NC)NCC2(C)CCCS2)c1. The summed E-state index contributed by atoms with van der Waals surface area (Å²) < 4.78 is 0.307. The van der Waals surface area contributed by atoms with Gasteiger partial charge in [-0.25, -0.2) is 0 Å². The van der Waals surface area contributed by atoms with E-state index in [1.807, 2.05) is 43.0 Å². The van der Waals surface area contributed by atoms with Crippen molar-refractivity contribution in [3.63, 3.8) is 0 Å². The van der Waals surface area contributed by atoms with Crippen molar-refractivity contribution in [1.29, 1.82) is 0 Å². The molecule has 0 aromatic heterocycles. The maximum atomic E-state index is 11.7. The molecule has 1 fully saturated rings. The van der Waals surface area contributed by atoms with Gasteiger partial charge in [0.1, 0.15) is 0 Å². The molecule has 6 heteroatoms. The lowest BCUT2D eigenvalue weighted by Gasteiger charge is -2.24. The first-order valence-corrected chi connectivity index (χ1v) is 10.0. The van der Waals surface area contributed by atoms with Crippen LogP contribution in [0.3, 0.4) is 0 Å². The average Bonchev–Trinajstić information content (AvgIpc) is 3.02. The number of benzene rings is 1. The molecule has 1 aliphatic rings. The highest BCUT2D eigenvalue weighted by molar-refractivity contribution is 8.00. The van der Waals surface area contributed by atoms with Crippen molar-refractivity contribution in [2.24, 2.45) is 4.99 Å². The van der Waals surface area contributed by atoms with Crippen LogP contribution in [0.2, 0.25) is 0 Å². The zero-order chi connectivity index (χ0) is 18.1. The Morgan fingerprint density at radius 2 is 2.20 bits per heavy atom. The zero-order valence-electron chi connectivity index (χ0n) is 15.5. The number of rotatable bonds is 7. The summed E-state index contributed by atoms with van der Waals surface area (Å²) in [5, 5.41) is 9.72. The molecule has 5 nitrogen and oxygen atoms in total. The van der Waals surface area contributed by atoms with Crippen molar-refractivity contribution in [3.8, 4) is 0 Å². The van der Waals surface area contributed by atoms with Gasteiger partial charge < -0.3 is 16.0 Å². The van der Waals surface area contributed by atoms with Gasteiger partial charge in [-0.2, -0.15) is 11.8 Å². The Kier molecular flexibility index (Phi) is 7.62. The van der Waals surface area contributed by atoms with Crippen LogP contribution in [0.15, 0.2) is 29.3 Å². The third kappa shape index (κ3) is 6.61. The van der Waals surface area contributed by atoms with E-state index in [1.165, 1.54) is 18.6 Å². The summed E-state index contributed by atoms with van der Waals surface area (Å²) in [5.74, 6) is 2.13. The van der Waals surface area contributed by atoms with Crippen molar-refractivity contribution in [2.45, 2.75) is 50.8 Å². The molecule has 1 atom stereocenters. The van der Waals surface area contributed by atoms with Gasteiger partial charge >= 0.3 is 0 Å². The number of hydrogen-bond acceptors (Lipinski definition) is 3. The van der Waals surface area contributed by atoms with Crippen LogP contribution in [0.1, 0.15) is 45.1 Å². The van der Waals surface area contributed by atoms with Crippen molar-refractivity contribution >= 4 is 29.3 Å². The van der Waals surface area contributed by atoms with Gasteiger partial charge in [-0.3, -0.25) is 9.79 Å². The first-order chi connectivity index (χ1) is 12.0. The first-order valence-electron chi connectivity index (χ1n) is 9.02. The first kappa shape index (κ1) is 19.6. The number of anilines is 1. The second kappa shape index (κ2) is 9.70. The lowest BCUT2D eigenvalue weighted by molar-refractivity contribution is -0.116. The van der Waals surface area contributed by atoms with Gasteiger partial charge in [0.05, 0.1) is 0 Å². The molecule has 138 valence electrons. The maximum absolute atomic E-state index is 11.7. The van der Waals surface area contributed by atoms with Crippen LogP contribution < -0.4 is 16.0 Å². The molecule has 2 rings (SSSR count). The molecule has 1 aliphatic heterocycles. The van der Waals surface area contributed by atoms with Gasteiger partial charge in [-0.05, 0) is 49.6 Å². The lowest BCUT2D eigenvalue weighted by atomic mass is 10.1. The number of aliphatic imine (C=N–C) groups is 1. The molecule has 0 spiro atoms. The van der Waals surface area contributed by atoms with Gasteiger partial charge in [0.25, 0.3) is 0 Å². The third-order valence-corrected chi connectivity index (χ3v) is 5.84. The van der Waals surface area contributed by atoms with Gasteiger partial charge in [0, 0.05) is 37.0 Å². The summed E-state index contributed by atoms with van der Waals surface area (Å²) in [6.45, 7) is 5.90. The van der Waals surface area contributed by atoms with Gasteiger partial charge in [0.15, 0.2) is 5.96 Å². The van der Waals surface area contributed by atoms with Crippen LogP contribution in [0, 0.1) is 0 Å². The summed E-state index contributed by atoms with van der Waals surface area (Å²) in [4.78, 5) is 16.0. The fourth-order valence-electron chi connectivity index (χ4n) is 2.86. The van der Waals surface area contributed by atoms with Crippen LogP contribution >= 0.6 is 11.8 Å². The second-order valence-corrected chi connectivity index (χ2v) is 8.36. The predicted molar refractivity (Wildman–Crippen MR) is 108 cm³/mol. The topological polar surface area (TPSA) is 65.5 Å². The van der Waals surface area contributed by atoms with Crippen molar-refractivity contribution in [3.05, 3.63) is 29.8 Å². The average molecular weight is 363 g/mol. The van der Waals surface area contributed by atoms with Crippen molar-refractivity contribution in [1.82, 2.24) is 10.6 Å². The molecule has 1 amide bonds. The summed E-state index contributed by atoms with van der Waals surface area (Å²) in [7, 11) is 1.79. The standard InChI is InChI=1S/C19H30N4OS/c1-4-7-17(24)23-16-9-5-8-15(12-16)13-21-18(20-3)22-14-19(2)10-6-11-25-19/h5,8-9,12H,4,6-7,10-11,13-14H2,1-3H3,(H,23,24)(H2,20,21,22). The molecule has 1 aromatic carbocycles. The number of hydrogen-bond donors (Lipinski definition) is 3. The van der Waals surface area contributed by atoms with Crippen molar-refractivity contribution in [2.75, 3.05) is 24.7 Å². The number of amides is 1. The zero-order valence-corrected chi connectivity index (χ0v) is 16.3. The minimum absolute atomic E-state index is 0.0624. The summed E-state index contributed by atoms with van der Waals surface area (Å²) in [6.07, 6.45) is 3.95. The molecule has 0 aliphatic carbocycles. The van der Waals surface area contributed by atoms with E-state index in [1.54, 1.807) is 7.05 Å². The third-order valence-electron chi connectivity index (χ3n) is 4.30. The van der Waals surface area contributed by atoms with Crippen LogP contribution in [0.5, 0.6) is 0 Å². The monoisotopic (exact) mass is 362 g/mol. The molecule has 3 N–H and O–H groups in total. The Hall–Kier alpha value is -1.69. The molecule has 1 heterocycles. The van der Waals surface area contributed by atoms with E-state index in [9.17, 15) is 4.79 Å². The summed E-state index contributed by atoms with van der Waals surface area (Å²) in [5.41, 5.74) is 1.95. The Bertz CT molecular complexity index is 597. The smallest absolute Gasteiger partial charge is 0.224 e. The summed E-state index contributed by atoms with van der Waals surface area (Å²) >= 11 is 2.04. The number of nitrogens with one attached hydrogen (secondary N) is 3.